The van der Waals surface area contributed by atoms with Crippen molar-refractivity contribution in [2.24, 2.45) is 0 Å². The van der Waals surface area contributed by atoms with Crippen LogP contribution in [0.4, 0.5) is 0 Å². The minimum Gasteiger partial charge on any atom is -0.354 e. The molecule has 0 aliphatic carbocycles. The van der Waals surface area contributed by atoms with Crippen molar-refractivity contribution in [1.82, 2.24) is 9.88 Å². The van der Waals surface area contributed by atoms with E-state index in [4.69, 9.17) is 12.2 Å². The highest BCUT2D eigenvalue weighted by Crippen LogP contribution is 2.05. The Bertz CT molecular complexity index is 274. The van der Waals surface area contributed by atoms with Gasteiger partial charge in [0.25, 0.3) is 0 Å². The lowest BCUT2D eigenvalue weighted by Crippen LogP contribution is -2.24. The fourth-order valence-electron chi connectivity index (χ4n) is 1.02. The Hall–Kier alpha value is -0.610. The molecule has 0 spiro atoms. The van der Waals surface area contributed by atoms with Gasteiger partial charge in [-0.25, -0.2) is 0 Å². The highest BCUT2D eigenvalue weighted by atomic mass is 32.1. The van der Waals surface area contributed by atoms with Gasteiger partial charge in [-0.05, 0) is 24.6 Å². The second-order valence-electron chi connectivity index (χ2n) is 2.65. The molecular weight excluding hydrogens is 200 g/mol. The highest BCUT2D eigenvalue weighted by Gasteiger charge is 2.03. The molecule has 0 bridgehead atoms. The predicted molar refractivity (Wildman–Crippen MR) is 61.9 cm³/mol. The molecule has 0 saturated carbocycles. The molecule has 0 unspecified atom stereocenters. The minimum atomic E-state index is 0.638. The number of nitrogens with zero attached hydrogens (tertiary/aromatic N) is 2. The molecule has 1 aromatic heterocycles. The van der Waals surface area contributed by atoms with Crippen LogP contribution in [0.2, 0.25) is 0 Å². The maximum absolute atomic E-state index is 4.99. The van der Waals surface area contributed by atoms with Gasteiger partial charge >= 0.3 is 0 Å². The van der Waals surface area contributed by atoms with Crippen molar-refractivity contribution in [1.29, 1.82) is 0 Å². The van der Waals surface area contributed by atoms with E-state index in [1.165, 1.54) is 5.56 Å². The second kappa shape index (κ2) is 5.19. The van der Waals surface area contributed by atoms with Crippen LogP contribution in [0.25, 0.3) is 0 Å². The lowest BCUT2D eigenvalue weighted by molar-refractivity contribution is 0.451. The highest BCUT2D eigenvalue weighted by molar-refractivity contribution is 8.10. The number of rotatable bonds is 3. The van der Waals surface area contributed by atoms with Crippen LogP contribution in [0.1, 0.15) is 12.5 Å². The van der Waals surface area contributed by atoms with Crippen molar-refractivity contribution in [2.45, 2.75) is 13.5 Å². The van der Waals surface area contributed by atoms with Gasteiger partial charge in [-0.2, -0.15) is 0 Å². The summed E-state index contributed by atoms with van der Waals surface area (Å²) in [7, 11) is 0. The summed E-state index contributed by atoms with van der Waals surface area (Å²) in [4.78, 5) is 5.97. The zero-order valence-electron chi connectivity index (χ0n) is 7.47. The van der Waals surface area contributed by atoms with E-state index in [1.807, 2.05) is 17.0 Å². The third kappa shape index (κ3) is 3.32. The molecule has 70 valence electrons. The quantitative estimate of drug-likeness (QED) is 0.610. The van der Waals surface area contributed by atoms with Crippen molar-refractivity contribution in [3.63, 3.8) is 0 Å². The molecule has 1 heterocycles. The molecule has 0 N–H and O–H groups in total. The molecule has 1 rings (SSSR count). The maximum atomic E-state index is 4.99. The smallest absolute Gasteiger partial charge is 0.133 e. The number of pyridine rings is 1. The van der Waals surface area contributed by atoms with Crippen molar-refractivity contribution >= 4 is 29.2 Å². The van der Waals surface area contributed by atoms with E-state index in [0.29, 0.717) is 4.32 Å². The van der Waals surface area contributed by atoms with Crippen molar-refractivity contribution in [3.05, 3.63) is 30.1 Å². The van der Waals surface area contributed by atoms with Gasteiger partial charge in [-0.15, -0.1) is 12.6 Å². The number of hydrogen-bond donors (Lipinski definition) is 1. The average molecular weight is 212 g/mol. The molecule has 0 atom stereocenters. The van der Waals surface area contributed by atoms with Crippen LogP contribution in [0.3, 0.4) is 0 Å². The Kier molecular flexibility index (Phi) is 4.18. The minimum absolute atomic E-state index is 0.638. The van der Waals surface area contributed by atoms with Gasteiger partial charge in [0.2, 0.25) is 0 Å². The van der Waals surface area contributed by atoms with E-state index in [9.17, 15) is 0 Å². The number of thiocarbonyl (C=S) groups is 1. The van der Waals surface area contributed by atoms with E-state index in [0.717, 1.165) is 13.1 Å². The lowest BCUT2D eigenvalue weighted by Gasteiger charge is -2.20. The number of hydrogen-bond acceptors (Lipinski definition) is 2. The van der Waals surface area contributed by atoms with Gasteiger partial charge in [0.15, 0.2) is 0 Å². The molecule has 0 saturated heterocycles. The molecule has 13 heavy (non-hydrogen) atoms. The molecule has 1 aromatic rings. The molecule has 0 aliphatic heterocycles. The first-order valence-electron chi connectivity index (χ1n) is 4.10. The Morgan fingerprint density at radius 1 is 1.54 bits per heavy atom. The van der Waals surface area contributed by atoms with E-state index in [1.54, 1.807) is 12.4 Å². The second-order valence-corrected chi connectivity index (χ2v) is 3.77. The fraction of sp³-hybridized carbons (Fsp3) is 0.333. The van der Waals surface area contributed by atoms with Crippen LogP contribution in [0, 0.1) is 0 Å². The van der Waals surface area contributed by atoms with E-state index >= 15 is 0 Å². The Morgan fingerprint density at radius 3 is 2.62 bits per heavy atom. The Labute approximate surface area is 89.4 Å². The summed E-state index contributed by atoms with van der Waals surface area (Å²) in [6.45, 7) is 3.75. The molecule has 0 aromatic carbocycles. The molecule has 0 aliphatic rings. The average Bonchev–Trinajstić information content (AvgIpc) is 2.15. The number of aromatic nitrogens is 1. The molecule has 0 fully saturated rings. The monoisotopic (exact) mass is 212 g/mol. The number of thiol groups is 1. The Morgan fingerprint density at radius 2 is 2.15 bits per heavy atom. The first-order chi connectivity index (χ1) is 6.24. The predicted octanol–water partition coefficient (Wildman–Crippen LogP) is 2.12. The summed E-state index contributed by atoms with van der Waals surface area (Å²) in [5, 5.41) is 0. The van der Waals surface area contributed by atoms with Crippen LogP contribution in [0.15, 0.2) is 24.5 Å². The van der Waals surface area contributed by atoms with Crippen LogP contribution < -0.4 is 0 Å². The van der Waals surface area contributed by atoms with Gasteiger partial charge in [0.1, 0.15) is 4.32 Å². The van der Waals surface area contributed by atoms with Crippen molar-refractivity contribution < 1.29 is 0 Å². The van der Waals surface area contributed by atoms with E-state index < -0.39 is 0 Å². The van der Waals surface area contributed by atoms with Crippen molar-refractivity contribution in [2.75, 3.05) is 6.54 Å². The summed E-state index contributed by atoms with van der Waals surface area (Å²) < 4.78 is 0.638. The SMILES string of the molecule is CCN(Cc1ccncc1)C(=S)S. The first kappa shape index (κ1) is 10.5. The van der Waals surface area contributed by atoms with E-state index in [-0.39, 0.29) is 0 Å². The normalized spacial score (nSPS) is 9.69. The van der Waals surface area contributed by atoms with E-state index in [2.05, 4.69) is 24.5 Å². The summed E-state index contributed by atoms with van der Waals surface area (Å²) in [5.74, 6) is 0. The first-order valence-corrected chi connectivity index (χ1v) is 4.96. The molecule has 0 radical (unpaired) electrons. The third-order valence-corrected chi connectivity index (χ3v) is 2.32. The summed E-state index contributed by atoms with van der Waals surface area (Å²) in [6.07, 6.45) is 3.56. The molecule has 4 heteroatoms. The van der Waals surface area contributed by atoms with Crippen LogP contribution in [-0.4, -0.2) is 20.7 Å². The zero-order chi connectivity index (χ0) is 9.68. The topological polar surface area (TPSA) is 16.1 Å². The van der Waals surface area contributed by atoms with Gasteiger partial charge in [0, 0.05) is 25.5 Å². The van der Waals surface area contributed by atoms with Crippen LogP contribution >= 0.6 is 24.8 Å². The van der Waals surface area contributed by atoms with Gasteiger partial charge < -0.3 is 4.90 Å². The standard InChI is InChI=1S/C9H12N2S2/c1-2-11(9(12)13)7-8-3-5-10-6-4-8/h3-6H,2,7H2,1H3,(H,12,13). The molecule has 0 amide bonds. The summed E-state index contributed by atoms with van der Waals surface area (Å²) in [5.41, 5.74) is 1.20. The maximum Gasteiger partial charge on any atom is 0.133 e. The summed E-state index contributed by atoms with van der Waals surface area (Å²) >= 11 is 9.13. The van der Waals surface area contributed by atoms with Gasteiger partial charge in [0.05, 0.1) is 0 Å². The molecular formula is C9H12N2S2. The molecule has 2 nitrogen and oxygen atoms in total. The third-order valence-electron chi connectivity index (χ3n) is 1.78. The van der Waals surface area contributed by atoms with Crippen LogP contribution in [-0.2, 0) is 6.54 Å². The zero-order valence-corrected chi connectivity index (χ0v) is 9.18. The fourth-order valence-corrected chi connectivity index (χ4v) is 1.43. The summed E-state index contributed by atoms with van der Waals surface area (Å²) in [6, 6.07) is 3.96. The lowest BCUT2D eigenvalue weighted by atomic mass is 10.2. The largest absolute Gasteiger partial charge is 0.354 e. The van der Waals surface area contributed by atoms with Crippen LogP contribution in [0.5, 0.6) is 0 Å². The van der Waals surface area contributed by atoms with Gasteiger partial charge in [-0.3, -0.25) is 4.98 Å². The van der Waals surface area contributed by atoms with Gasteiger partial charge in [-0.1, -0.05) is 12.2 Å². The van der Waals surface area contributed by atoms with Crippen molar-refractivity contribution in [3.8, 4) is 0 Å². The Balaban J connectivity index is 2.62.